The lowest BCUT2D eigenvalue weighted by molar-refractivity contribution is -0.385. The average molecular weight is 247 g/mol. The fourth-order valence-electron chi connectivity index (χ4n) is 1.22. The normalized spacial score (nSPS) is 11.4. The van der Waals surface area contributed by atoms with Crippen LogP contribution in [-0.2, 0) is 0 Å². The maximum absolute atomic E-state index is 10.7. The van der Waals surface area contributed by atoms with E-state index < -0.39 is 16.9 Å². The third kappa shape index (κ3) is 2.91. The highest BCUT2D eigenvalue weighted by molar-refractivity contribution is 5.88. The smallest absolute Gasteiger partial charge is 0.335 e. The SMILES string of the molecule is C[C@@H](N)c1ccc(C(=O)O)cc1[N+](=O)[O-].Cl. The third-order valence-corrected chi connectivity index (χ3v) is 1.96. The summed E-state index contributed by atoms with van der Waals surface area (Å²) >= 11 is 0. The summed E-state index contributed by atoms with van der Waals surface area (Å²) in [5, 5.41) is 19.3. The minimum Gasteiger partial charge on any atom is -0.478 e. The Morgan fingerprint density at radius 2 is 2.12 bits per heavy atom. The molecule has 0 radical (unpaired) electrons. The van der Waals surface area contributed by atoms with Gasteiger partial charge in [0.25, 0.3) is 5.69 Å². The van der Waals surface area contributed by atoms with E-state index in [1.54, 1.807) is 6.92 Å². The van der Waals surface area contributed by atoms with Gasteiger partial charge in [0.05, 0.1) is 10.5 Å². The van der Waals surface area contributed by atoms with Gasteiger partial charge in [0.1, 0.15) is 0 Å². The van der Waals surface area contributed by atoms with Crippen molar-refractivity contribution in [2.45, 2.75) is 13.0 Å². The maximum Gasteiger partial charge on any atom is 0.335 e. The molecule has 16 heavy (non-hydrogen) atoms. The molecule has 0 aliphatic heterocycles. The Bertz CT molecular complexity index is 420. The Labute approximate surface area is 97.6 Å². The van der Waals surface area contributed by atoms with Gasteiger partial charge in [0.2, 0.25) is 0 Å². The number of nitro groups is 1. The average Bonchev–Trinajstić information content (AvgIpc) is 2.16. The summed E-state index contributed by atoms with van der Waals surface area (Å²) in [6.07, 6.45) is 0. The summed E-state index contributed by atoms with van der Waals surface area (Å²) in [7, 11) is 0. The molecule has 1 aromatic rings. The second-order valence-electron chi connectivity index (χ2n) is 3.12. The van der Waals surface area contributed by atoms with Crippen LogP contribution in [0.25, 0.3) is 0 Å². The highest BCUT2D eigenvalue weighted by atomic mass is 35.5. The van der Waals surface area contributed by atoms with Gasteiger partial charge in [0.15, 0.2) is 0 Å². The van der Waals surface area contributed by atoms with Crippen LogP contribution in [0.2, 0.25) is 0 Å². The lowest BCUT2D eigenvalue weighted by atomic mass is 10.0. The van der Waals surface area contributed by atoms with Crippen LogP contribution in [-0.4, -0.2) is 16.0 Å². The second kappa shape index (κ2) is 5.43. The zero-order chi connectivity index (χ0) is 11.6. The molecule has 3 N–H and O–H groups in total. The van der Waals surface area contributed by atoms with E-state index in [4.69, 9.17) is 10.8 Å². The van der Waals surface area contributed by atoms with Crippen LogP contribution in [0, 0.1) is 10.1 Å². The van der Waals surface area contributed by atoms with E-state index in [2.05, 4.69) is 0 Å². The van der Waals surface area contributed by atoms with Gasteiger partial charge in [0, 0.05) is 17.7 Å². The Balaban J connectivity index is 0.00000225. The lowest BCUT2D eigenvalue weighted by Gasteiger charge is -2.06. The minimum atomic E-state index is -1.20. The molecule has 0 aliphatic carbocycles. The van der Waals surface area contributed by atoms with Crippen molar-refractivity contribution in [2.75, 3.05) is 0 Å². The molecule has 6 nitrogen and oxygen atoms in total. The van der Waals surface area contributed by atoms with Crippen molar-refractivity contribution in [1.82, 2.24) is 0 Å². The van der Waals surface area contributed by atoms with Gasteiger partial charge in [-0.1, -0.05) is 0 Å². The van der Waals surface area contributed by atoms with Crippen LogP contribution in [0.4, 0.5) is 5.69 Å². The summed E-state index contributed by atoms with van der Waals surface area (Å²) < 4.78 is 0. The Kier molecular flexibility index (Phi) is 4.87. The van der Waals surface area contributed by atoms with E-state index in [1.165, 1.54) is 12.1 Å². The summed E-state index contributed by atoms with van der Waals surface area (Å²) in [6, 6.07) is 3.18. The maximum atomic E-state index is 10.7. The molecular weight excluding hydrogens is 236 g/mol. The van der Waals surface area contributed by atoms with Gasteiger partial charge in [-0.25, -0.2) is 4.79 Å². The molecule has 7 heteroatoms. The van der Waals surface area contributed by atoms with Crippen molar-refractivity contribution in [3.8, 4) is 0 Å². The first kappa shape index (κ1) is 14.3. The highest BCUT2D eigenvalue weighted by Gasteiger charge is 2.19. The van der Waals surface area contributed by atoms with Crippen molar-refractivity contribution in [3.05, 3.63) is 39.4 Å². The number of aromatic carboxylic acids is 1. The molecule has 1 rings (SSSR count). The van der Waals surface area contributed by atoms with Crippen molar-refractivity contribution < 1.29 is 14.8 Å². The van der Waals surface area contributed by atoms with E-state index in [0.717, 1.165) is 6.07 Å². The van der Waals surface area contributed by atoms with Gasteiger partial charge >= 0.3 is 5.97 Å². The van der Waals surface area contributed by atoms with Crippen LogP contribution >= 0.6 is 12.4 Å². The fraction of sp³-hybridized carbons (Fsp3) is 0.222. The van der Waals surface area contributed by atoms with E-state index in [0.29, 0.717) is 5.56 Å². The molecular formula is C9H11ClN2O4. The fourth-order valence-corrected chi connectivity index (χ4v) is 1.22. The summed E-state index contributed by atoms with van der Waals surface area (Å²) in [6.45, 7) is 1.60. The molecule has 88 valence electrons. The number of hydrogen-bond donors (Lipinski definition) is 2. The first-order chi connectivity index (χ1) is 6.93. The third-order valence-electron chi connectivity index (χ3n) is 1.96. The van der Waals surface area contributed by atoms with Gasteiger partial charge < -0.3 is 10.8 Å². The summed E-state index contributed by atoms with van der Waals surface area (Å²) in [5.41, 5.74) is 5.47. The molecule has 0 aliphatic rings. The number of carboxylic acids is 1. The molecule has 0 bridgehead atoms. The monoisotopic (exact) mass is 246 g/mol. The standard InChI is InChI=1S/C9H10N2O4.ClH/c1-5(10)7-3-2-6(9(12)13)4-8(7)11(14)15;/h2-5H,10H2,1H3,(H,12,13);1H/t5-;/m1./s1. The van der Waals surface area contributed by atoms with E-state index in [1.807, 2.05) is 0 Å². The molecule has 0 fully saturated rings. The van der Waals surface area contributed by atoms with Crippen LogP contribution < -0.4 is 5.73 Å². The molecule has 0 unspecified atom stereocenters. The van der Waals surface area contributed by atoms with Gasteiger partial charge in [-0.15, -0.1) is 12.4 Å². The highest BCUT2D eigenvalue weighted by Crippen LogP contribution is 2.24. The van der Waals surface area contributed by atoms with Crippen LogP contribution in [0.1, 0.15) is 28.9 Å². The van der Waals surface area contributed by atoms with Gasteiger partial charge in [-0.3, -0.25) is 10.1 Å². The minimum absolute atomic E-state index is 0. The number of carboxylic acid groups (broad SMARTS) is 1. The quantitative estimate of drug-likeness (QED) is 0.624. The van der Waals surface area contributed by atoms with E-state index in [-0.39, 0.29) is 23.7 Å². The number of halogens is 1. The Morgan fingerprint density at radius 1 is 1.56 bits per heavy atom. The van der Waals surface area contributed by atoms with Crippen LogP contribution in [0.15, 0.2) is 18.2 Å². The molecule has 0 spiro atoms. The predicted octanol–water partition coefficient (Wildman–Crippen LogP) is 1.73. The van der Waals surface area contributed by atoms with E-state index in [9.17, 15) is 14.9 Å². The number of nitro benzene ring substituents is 1. The largest absolute Gasteiger partial charge is 0.478 e. The Morgan fingerprint density at radius 3 is 2.50 bits per heavy atom. The molecule has 0 saturated heterocycles. The number of rotatable bonds is 3. The zero-order valence-electron chi connectivity index (χ0n) is 8.41. The van der Waals surface area contributed by atoms with Crippen molar-refractivity contribution in [1.29, 1.82) is 0 Å². The van der Waals surface area contributed by atoms with Gasteiger partial charge in [-0.2, -0.15) is 0 Å². The molecule has 0 heterocycles. The molecule has 1 aromatic carbocycles. The second-order valence-corrected chi connectivity index (χ2v) is 3.12. The van der Waals surface area contributed by atoms with Crippen molar-refractivity contribution in [2.24, 2.45) is 5.73 Å². The Hall–Kier alpha value is -1.66. The van der Waals surface area contributed by atoms with E-state index >= 15 is 0 Å². The van der Waals surface area contributed by atoms with Crippen LogP contribution in [0.3, 0.4) is 0 Å². The lowest BCUT2D eigenvalue weighted by Crippen LogP contribution is -2.09. The molecule has 0 aromatic heterocycles. The summed E-state index contributed by atoms with van der Waals surface area (Å²) in [4.78, 5) is 20.6. The van der Waals surface area contributed by atoms with Crippen molar-refractivity contribution in [3.63, 3.8) is 0 Å². The first-order valence-electron chi connectivity index (χ1n) is 4.20. The number of benzene rings is 1. The van der Waals surface area contributed by atoms with Gasteiger partial charge in [-0.05, 0) is 19.1 Å². The number of hydrogen-bond acceptors (Lipinski definition) is 4. The molecule has 0 amide bonds. The van der Waals surface area contributed by atoms with Crippen LogP contribution in [0.5, 0.6) is 0 Å². The molecule has 0 saturated carbocycles. The first-order valence-corrected chi connectivity index (χ1v) is 4.20. The zero-order valence-corrected chi connectivity index (χ0v) is 9.23. The number of carbonyl (C=O) groups is 1. The molecule has 1 atom stereocenters. The topological polar surface area (TPSA) is 106 Å². The summed E-state index contributed by atoms with van der Waals surface area (Å²) in [5.74, 6) is -1.20. The number of nitrogens with zero attached hydrogens (tertiary/aromatic N) is 1. The van der Waals surface area contributed by atoms with Crippen molar-refractivity contribution >= 4 is 24.1 Å². The predicted molar refractivity (Wildman–Crippen MR) is 59.9 cm³/mol. The number of nitrogens with two attached hydrogens (primary N) is 1.